The van der Waals surface area contributed by atoms with E-state index in [9.17, 15) is 9.18 Å². The topological polar surface area (TPSA) is 64.1 Å². The summed E-state index contributed by atoms with van der Waals surface area (Å²) in [4.78, 5) is 19.3. The van der Waals surface area contributed by atoms with Gasteiger partial charge < -0.3 is 10.1 Å². The van der Waals surface area contributed by atoms with Gasteiger partial charge in [0, 0.05) is 11.8 Å². The van der Waals surface area contributed by atoms with Crippen molar-refractivity contribution in [2.24, 2.45) is 5.41 Å². The molecule has 0 amide bonds. The quantitative estimate of drug-likeness (QED) is 0.593. The summed E-state index contributed by atoms with van der Waals surface area (Å²) >= 11 is 7.16. The van der Waals surface area contributed by atoms with Crippen molar-refractivity contribution in [3.63, 3.8) is 0 Å². The minimum absolute atomic E-state index is 0.0204. The molecule has 1 aromatic rings. The molecule has 0 spiro atoms. The highest BCUT2D eigenvalue weighted by molar-refractivity contribution is 7.99. The summed E-state index contributed by atoms with van der Waals surface area (Å²) in [5, 5.41) is 3.05. The fourth-order valence-corrected chi connectivity index (χ4v) is 3.05. The van der Waals surface area contributed by atoms with E-state index in [1.807, 2.05) is 41.5 Å². The summed E-state index contributed by atoms with van der Waals surface area (Å²) in [5.74, 6) is 0.0533. The number of nitrogens with zero attached hydrogens (tertiary/aromatic N) is 2. The Bertz CT molecular complexity index is 573. The van der Waals surface area contributed by atoms with Gasteiger partial charge in [0.1, 0.15) is 5.60 Å². The van der Waals surface area contributed by atoms with Gasteiger partial charge in [0.05, 0.1) is 11.9 Å². The van der Waals surface area contributed by atoms with Crippen LogP contribution in [0.4, 0.5) is 10.2 Å². The molecule has 0 saturated heterocycles. The third-order valence-corrected chi connectivity index (χ3v) is 4.19. The average molecular weight is 378 g/mol. The molecule has 24 heavy (non-hydrogen) atoms. The van der Waals surface area contributed by atoms with Gasteiger partial charge in [0.15, 0.2) is 11.6 Å². The molecular weight excluding hydrogens is 353 g/mol. The number of ether oxygens (including phenoxy) is 1. The molecule has 0 fully saturated rings. The van der Waals surface area contributed by atoms with Crippen LogP contribution < -0.4 is 5.32 Å². The normalized spacial score (nSPS) is 13.5. The number of nitrogens with one attached hydrogen (secondary N) is 1. The van der Waals surface area contributed by atoms with Gasteiger partial charge in [-0.05, 0) is 37.8 Å². The number of esters is 1. The van der Waals surface area contributed by atoms with Crippen LogP contribution in [0.15, 0.2) is 6.20 Å². The second-order valence-corrected chi connectivity index (χ2v) is 8.87. The third kappa shape index (κ3) is 7.66. The van der Waals surface area contributed by atoms with Gasteiger partial charge in [0.25, 0.3) is 0 Å². The van der Waals surface area contributed by atoms with E-state index < -0.39 is 11.4 Å². The second kappa shape index (κ2) is 8.34. The Morgan fingerprint density at radius 3 is 2.54 bits per heavy atom. The minimum Gasteiger partial charge on any atom is -0.459 e. The molecule has 1 heterocycles. The van der Waals surface area contributed by atoms with Crippen LogP contribution in [0, 0.1) is 11.2 Å². The van der Waals surface area contributed by atoms with Gasteiger partial charge in [0.2, 0.25) is 5.28 Å². The van der Waals surface area contributed by atoms with Crippen molar-refractivity contribution in [1.29, 1.82) is 0 Å². The summed E-state index contributed by atoms with van der Waals surface area (Å²) in [6, 6.07) is -0.120. The first-order valence-electron chi connectivity index (χ1n) is 7.62. The zero-order chi connectivity index (χ0) is 18.5. The first-order chi connectivity index (χ1) is 10.9. The minimum atomic E-state index is -0.564. The molecule has 1 atom stereocenters. The molecule has 0 aliphatic carbocycles. The maximum absolute atomic E-state index is 13.8. The molecule has 0 aliphatic heterocycles. The molecule has 8 heteroatoms. The van der Waals surface area contributed by atoms with Crippen molar-refractivity contribution in [2.75, 3.05) is 16.8 Å². The fourth-order valence-electron chi connectivity index (χ4n) is 1.75. The molecule has 0 aliphatic rings. The lowest BCUT2D eigenvalue weighted by Gasteiger charge is -2.32. The van der Waals surface area contributed by atoms with Gasteiger partial charge >= 0.3 is 5.97 Å². The van der Waals surface area contributed by atoms with Crippen LogP contribution in [0.5, 0.6) is 0 Å². The van der Waals surface area contributed by atoms with E-state index in [0.29, 0.717) is 5.75 Å². The third-order valence-electron chi connectivity index (χ3n) is 3.00. The van der Waals surface area contributed by atoms with E-state index in [2.05, 4.69) is 15.3 Å². The predicted octanol–water partition coefficient (Wildman–Crippen LogP) is 4.17. The van der Waals surface area contributed by atoms with E-state index in [1.165, 1.54) is 11.8 Å². The molecule has 0 bridgehead atoms. The van der Waals surface area contributed by atoms with Crippen LogP contribution in [-0.2, 0) is 9.53 Å². The number of halogens is 2. The molecule has 1 aromatic heterocycles. The van der Waals surface area contributed by atoms with Crippen molar-refractivity contribution in [1.82, 2.24) is 9.97 Å². The molecule has 1 rings (SSSR count). The summed E-state index contributed by atoms with van der Waals surface area (Å²) in [7, 11) is 0. The first kappa shape index (κ1) is 21.0. The van der Waals surface area contributed by atoms with Gasteiger partial charge in [-0.3, -0.25) is 4.79 Å². The Hall–Kier alpha value is -1.08. The molecular formula is C16H25ClFN3O2S. The average Bonchev–Trinajstić information content (AvgIpc) is 2.38. The van der Waals surface area contributed by atoms with Crippen LogP contribution in [0.1, 0.15) is 41.5 Å². The highest BCUT2D eigenvalue weighted by Gasteiger charge is 2.27. The van der Waals surface area contributed by atoms with Gasteiger partial charge in [-0.15, -0.1) is 11.8 Å². The second-order valence-electron chi connectivity index (χ2n) is 7.50. The SMILES string of the molecule is CC(C)(C)OC(=O)CSCC(Nc1nc(Cl)ncc1F)C(C)(C)C. The Labute approximate surface area is 152 Å². The Balaban J connectivity index is 2.67. The number of aromatic nitrogens is 2. The zero-order valence-corrected chi connectivity index (χ0v) is 16.5. The van der Waals surface area contributed by atoms with Crippen LogP contribution in [0.2, 0.25) is 5.28 Å². The van der Waals surface area contributed by atoms with Crippen LogP contribution in [0.3, 0.4) is 0 Å². The molecule has 0 aromatic carbocycles. The molecule has 1 unspecified atom stereocenters. The van der Waals surface area contributed by atoms with E-state index in [4.69, 9.17) is 16.3 Å². The van der Waals surface area contributed by atoms with Crippen molar-refractivity contribution in [3.8, 4) is 0 Å². The monoisotopic (exact) mass is 377 g/mol. The molecule has 0 radical (unpaired) electrons. The van der Waals surface area contributed by atoms with Crippen molar-refractivity contribution in [2.45, 2.75) is 53.2 Å². The number of carbonyl (C=O) groups is 1. The lowest BCUT2D eigenvalue weighted by molar-refractivity contribution is -0.151. The Kier molecular flexibility index (Phi) is 7.28. The number of hydrogen-bond acceptors (Lipinski definition) is 6. The maximum Gasteiger partial charge on any atom is 0.316 e. The number of hydrogen-bond donors (Lipinski definition) is 1. The maximum atomic E-state index is 13.8. The predicted molar refractivity (Wildman–Crippen MR) is 97.0 cm³/mol. The van der Waals surface area contributed by atoms with E-state index in [0.717, 1.165) is 6.20 Å². The summed E-state index contributed by atoms with van der Waals surface area (Å²) < 4.78 is 19.1. The lowest BCUT2D eigenvalue weighted by atomic mass is 9.88. The number of carbonyl (C=O) groups excluding carboxylic acids is 1. The summed E-state index contributed by atoms with van der Waals surface area (Å²) in [6.07, 6.45) is 1.03. The molecule has 1 N–H and O–H groups in total. The van der Waals surface area contributed by atoms with Crippen molar-refractivity contribution in [3.05, 3.63) is 17.3 Å². The van der Waals surface area contributed by atoms with Crippen LogP contribution in [-0.4, -0.2) is 39.1 Å². The molecule has 136 valence electrons. The Morgan fingerprint density at radius 1 is 1.38 bits per heavy atom. The van der Waals surface area contributed by atoms with E-state index >= 15 is 0 Å². The summed E-state index contributed by atoms with van der Waals surface area (Å²) in [5.41, 5.74) is -0.676. The van der Waals surface area contributed by atoms with Gasteiger partial charge in [-0.2, -0.15) is 4.98 Å². The number of rotatable bonds is 6. The van der Waals surface area contributed by atoms with Crippen LogP contribution in [0.25, 0.3) is 0 Å². The molecule has 0 saturated carbocycles. The smallest absolute Gasteiger partial charge is 0.316 e. The largest absolute Gasteiger partial charge is 0.459 e. The zero-order valence-electron chi connectivity index (χ0n) is 14.9. The number of thioether (sulfide) groups is 1. The van der Waals surface area contributed by atoms with Gasteiger partial charge in [-0.1, -0.05) is 20.8 Å². The summed E-state index contributed by atoms with van der Waals surface area (Å²) in [6.45, 7) is 11.6. The first-order valence-corrected chi connectivity index (χ1v) is 9.16. The fraction of sp³-hybridized carbons (Fsp3) is 0.688. The highest BCUT2D eigenvalue weighted by Crippen LogP contribution is 2.27. The van der Waals surface area contributed by atoms with Gasteiger partial charge in [-0.25, -0.2) is 9.37 Å². The van der Waals surface area contributed by atoms with Crippen LogP contribution >= 0.6 is 23.4 Å². The molecule has 5 nitrogen and oxygen atoms in total. The highest BCUT2D eigenvalue weighted by atomic mass is 35.5. The van der Waals surface area contributed by atoms with Crippen molar-refractivity contribution < 1.29 is 13.9 Å². The standard InChI is InChI=1S/C16H25ClFN3O2S/c1-15(2,3)11(8-24-9-12(22)23-16(4,5)6)20-13-10(18)7-19-14(17)21-13/h7,11H,8-9H2,1-6H3,(H,19,20,21). The number of anilines is 1. The van der Waals surface area contributed by atoms with Crippen molar-refractivity contribution >= 4 is 35.1 Å². The van der Waals surface area contributed by atoms with E-state index in [1.54, 1.807) is 0 Å². The van der Waals surface area contributed by atoms with E-state index in [-0.39, 0.29) is 34.3 Å². The Morgan fingerprint density at radius 2 is 2.00 bits per heavy atom. The lowest BCUT2D eigenvalue weighted by Crippen LogP contribution is -2.37.